The lowest BCUT2D eigenvalue weighted by atomic mass is 10.1. The molecule has 0 aliphatic heterocycles. The highest BCUT2D eigenvalue weighted by Gasteiger charge is 2.00. The summed E-state index contributed by atoms with van der Waals surface area (Å²) in [4.78, 5) is 8.19. The van der Waals surface area contributed by atoms with Crippen LogP contribution in [0.2, 0.25) is 0 Å². The average Bonchev–Trinajstić information content (AvgIpc) is 2.41. The number of rotatable bonds is 4. The van der Waals surface area contributed by atoms with E-state index in [1.54, 1.807) is 6.07 Å². The molecule has 5 heteroatoms. The first-order valence-electron chi connectivity index (χ1n) is 5.96. The van der Waals surface area contributed by atoms with Gasteiger partial charge in [0.25, 0.3) is 0 Å². The van der Waals surface area contributed by atoms with E-state index in [9.17, 15) is 0 Å². The van der Waals surface area contributed by atoms with Crippen LogP contribution >= 0.6 is 0 Å². The van der Waals surface area contributed by atoms with E-state index in [0.29, 0.717) is 11.6 Å². The van der Waals surface area contributed by atoms with Crippen LogP contribution in [0, 0.1) is 25.2 Å². The van der Waals surface area contributed by atoms with Crippen molar-refractivity contribution < 1.29 is 0 Å². The molecule has 19 heavy (non-hydrogen) atoms. The lowest BCUT2D eigenvalue weighted by Gasteiger charge is -2.09. The molecule has 0 saturated heterocycles. The summed E-state index contributed by atoms with van der Waals surface area (Å²) in [5.74, 6) is 1.32. The lowest BCUT2D eigenvalue weighted by molar-refractivity contribution is 1.14. The minimum atomic E-state index is 0.222. The number of hydrogen-bond donors (Lipinski definition) is 2. The highest BCUT2D eigenvalue weighted by Crippen LogP contribution is 2.19. The third-order valence-corrected chi connectivity index (χ3v) is 2.79. The Morgan fingerprint density at radius 3 is 2.63 bits per heavy atom. The number of nitrogens with zero attached hydrogens (tertiary/aromatic N) is 3. The third kappa shape index (κ3) is 3.42. The lowest BCUT2D eigenvalue weighted by Crippen LogP contribution is -2.02. The SMILES string of the molecule is Cc1ccc(Nc2cc(NCC#N)ncn2)cc1C. The molecule has 1 aromatic heterocycles. The number of hydrogen-bond acceptors (Lipinski definition) is 5. The van der Waals surface area contributed by atoms with Crippen molar-refractivity contribution in [2.75, 3.05) is 17.2 Å². The third-order valence-electron chi connectivity index (χ3n) is 2.79. The predicted molar refractivity (Wildman–Crippen MR) is 75.3 cm³/mol. The van der Waals surface area contributed by atoms with Gasteiger partial charge in [-0.3, -0.25) is 0 Å². The van der Waals surface area contributed by atoms with Crippen molar-refractivity contribution in [3.8, 4) is 6.07 Å². The molecule has 0 aliphatic carbocycles. The highest BCUT2D eigenvalue weighted by atomic mass is 15.1. The number of aromatic nitrogens is 2. The summed E-state index contributed by atoms with van der Waals surface area (Å²) in [5.41, 5.74) is 3.46. The van der Waals surface area contributed by atoms with Gasteiger partial charge in [-0.15, -0.1) is 0 Å². The molecule has 0 unspecified atom stereocenters. The van der Waals surface area contributed by atoms with Crippen LogP contribution in [-0.4, -0.2) is 16.5 Å². The fourth-order valence-electron chi connectivity index (χ4n) is 1.62. The van der Waals surface area contributed by atoms with Gasteiger partial charge in [0.15, 0.2) is 0 Å². The van der Waals surface area contributed by atoms with Crippen molar-refractivity contribution in [2.45, 2.75) is 13.8 Å². The van der Waals surface area contributed by atoms with Gasteiger partial charge in [0.1, 0.15) is 24.5 Å². The number of benzene rings is 1. The van der Waals surface area contributed by atoms with Gasteiger partial charge in [-0.05, 0) is 37.1 Å². The smallest absolute Gasteiger partial charge is 0.135 e. The maximum absolute atomic E-state index is 8.52. The molecule has 0 radical (unpaired) electrons. The van der Waals surface area contributed by atoms with Crippen LogP contribution in [0.5, 0.6) is 0 Å². The topological polar surface area (TPSA) is 73.6 Å². The van der Waals surface area contributed by atoms with Crippen LogP contribution in [0.3, 0.4) is 0 Å². The molecule has 0 amide bonds. The Bertz CT molecular complexity index is 615. The zero-order valence-electron chi connectivity index (χ0n) is 10.9. The van der Waals surface area contributed by atoms with Crippen molar-refractivity contribution >= 4 is 17.3 Å². The Kier molecular flexibility index (Phi) is 3.94. The summed E-state index contributed by atoms with van der Waals surface area (Å²) in [5, 5.41) is 14.6. The molecule has 2 N–H and O–H groups in total. The minimum absolute atomic E-state index is 0.222. The summed E-state index contributed by atoms with van der Waals surface area (Å²) < 4.78 is 0. The average molecular weight is 253 g/mol. The molecule has 0 atom stereocenters. The molecule has 0 aliphatic rings. The Labute approximate surface area is 112 Å². The number of anilines is 3. The molecule has 0 fully saturated rings. The van der Waals surface area contributed by atoms with Crippen molar-refractivity contribution in [3.63, 3.8) is 0 Å². The first kappa shape index (κ1) is 12.8. The van der Waals surface area contributed by atoms with Gasteiger partial charge in [-0.1, -0.05) is 6.07 Å². The molecule has 1 heterocycles. The van der Waals surface area contributed by atoms with Crippen LogP contribution in [0.25, 0.3) is 0 Å². The van der Waals surface area contributed by atoms with Crippen molar-refractivity contribution in [3.05, 3.63) is 41.7 Å². The van der Waals surface area contributed by atoms with E-state index in [1.165, 1.54) is 17.5 Å². The van der Waals surface area contributed by atoms with Gasteiger partial charge < -0.3 is 10.6 Å². The van der Waals surface area contributed by atoms with E-state index in [2.05, 4.69) is 46.6 Å². The molecule has 0 bridgehead atoms. The zero-order valence-corrected chi connectivity index (χ0v) is 10.9. The van der Waals surface area contributed by atoms with E-state index >= 15 is 0 Å². The minimum Gasteiger partial charge on any atom is -0.357 e. The van der Waals surface area contributed by atoms with Gasteiger partial charge in [0.2, 0.25) is 0 Å². The van der Waals surface area contributed by atoms with Crippen LogP contribution in [-0.2, 0) is 0 Å². The molecule has 5 nitrogen and oxygen atoms in total. The van der Waals surface area contributed by atoms with Gasteiger partial charge in [-0.2, -0.15) is 5.26 Å². The van der Waals surface area contributed by atoms with E-state index in [-0.39, 0.29) is 6.54 Å². The molecule has 0 spiro atoms. The Balaban J connectivity index is 2.14. The molecule has 1 aromatic carbocycles. The fourth-order valence-corrected chi connectivity index (χ4v) is 1.62. The van der Waals surface area contributed by atoms with Gasteiger partial charge in [0, 0.05) is 11.8 Å². The largest absolute Gasteiger partial charge is 0.357 e. The second kappa shape index (κ2) is 5.83. The zero-order chi connectivity index (χ0) is 13.7. The number of nitrogens with one attached hydrogen (secondary N) is 2. The molecule has 96 valence electrons. The summed E-state index contributed by atoms with van der Waals surface area (Å²) in [6, 6.07) is 9.92. The van der Waals surface area contributed by atoms with Gasteiger partial charge in [0.05, 0.1) is 6.07 Å². The molecular weight excluding hydrogens is 238 g/mol. The normalized spacial score (nSPS) is 9.74. The van der Waals surface area contributed by atoms with Crippen LogP contribution < -0.4 is 10.6 Å². The van der Waals surface area contributed by atoms with E-state index in [1.807, 2.05) is 12.1 Å². The predicted octanol–water partition coefficient (Wildman–Crippen LogP) is 2.77. The van der Waals surface area contributed by atoms with E-state index < -0.39 is 0 Å². The van der Waals surface area contributed by atoms with Crippen LogP contribution in [0.4, 0.5) is 17.3 Å². The van der Waals surface area contributed by atoms with Crippen molar-refractivity contribution in [1.82, 2.24) is 9.97 Å². The fraction of sp³-hybridized carbons (Fsp3) is 0.214. The second-order valence-electron chi connectivity index (χ2n) is 4.22. The quantitative estimate of drug-likeness (QED) is 0.819. The molecule has 2 aromatic rings. The summed E-state index contributed by atoms with van der Waals surface area (Å²) >= 11 is 0. The Morgan fingerprint density at radius 1 is 1.11 bits per heavy atom. The van der Waals surface area contributed by atoms with Crippen molar-refractivity contribution in [1.29, 1.82) is 5.26 Å². The van der Waals surface area contributed by atoms with E-state index in [4.69, 9.17) is 5.26 Å². The maximum Gasteiger partial charge on any atom is 0.135 e. The Hall–Kier alpha value is -2.61. The summed E-state index contributed by atoms with van der Waals surface area (Å²) in [7, 11) is 0. The van der Waals surface area contributed by atoms with Crippen LogP contribution in [0.15, 0.2) is 30.6 Å². The first-order chi connectivity index (χ1) is 9.19. The first-order valence-corrected chi connectivity index (χ1v) is 5.96. The van der Waals surface area contributed by atoms with Crippen LogP contribution in [0.1, 0.15) is 11.1 Å². The molecule has 0 saturated carbocycles. The monoisotopic (exact) mass is 253 g/mol. The standard InChI is InChI=1S/C14H15N5/c1-10-3-4-12(7-11(10)2)19-14-8-13(16-6-5-15)17-9-18-14/h3-4,7-9H,6H2,1-2H3,(H2,16,17,18,19). The van der Waals surface area contributed by atoms with Crippen molar-refractivity contribution in [2.24, 2.45) is 0 Å². The summed E-state index contributed by atoms with van der Waals surface area (Å²) in [6.07, 6.45) is 1.46. The van der Waals surface area contributed by atoms with Gasteiger partial charge in [-0.25, -0.2) is 9.97 Å². The number of nitriles is 1. The highest BCUT2D eigenvalue weighted by molar-refractivity contribution is 5.60. The van der Waals surface area contributed by atoms with Gasteiger partial charge >= 0.3 is 0 Å². The molecular formula is C14H15N5. The maximum atomic E-state index is 8.52. The van der Waals surface area contributed by atoms with E-state index in [0.717, 1.165) is 5.69 Å². The summed E-state index contributed by atoms with van der Waals surface area (Å²) in [6.45, 7) is 4.37. The molecule has 2 rings (SSSR count). The number of aryl methyl sites for hydroxylation is 2. The second-order valence-corrected chi connectivity index (χ2v) is 4.22. The Morgan fingerprint density at radius 2 is 1.89 bits per heavy atom.